The fourth-order valence-electron chi connectivity index (χ4n) is 1.66. The Hall–Kier alpha value is -1.10. The van der Waals surface area contributed by atoms with Crippen molar-refractivity contribution in [2.45, 2.75) is 71.4 Å². The molecule has 0 aromatic carbocycles. The molecule has 20 heavy (non-hydrogen) atoms. The molecule has 0 atom stereocenters. The number of amides is 2. The first-order chi connectivity index (χ1) is 9.14. The van der Waals surface area contributed by atoms with E-state index in [0.29, 0.717) is 19.4 Å². The molecule has 0 radical (unpaired) electrons. The Bertz CT molecular complexity index is 325. The molecule has 0 unspecified atom stereocenters. The van der Waals surface area contributed by atoms with Crippen LogP contribution in [0.3, 0.4) is 0 Å². The first-order valence-corrected chi connectivity index (χ1v) is 7.43. The zero-order valence-corrected chi connectivity index (χ0v) is 13.9. The topological polar surface area (TPSA) is 70.2 Å². The van der Waals surface area contributed by atoms with E-state index in [0.717, 1.165) is 12.8 Å². The molecule has 0 aliphatic rings. The average molecular weight is 285 g/mol. The number of likely N-dealkylation sites (N-methyl/N-ethyl adjacent to an activating group) is 1. The van der Waals surface area contributed by atoms with Crippen molar-refractivity contribution in [2.75, 3.05) is 13.6 Å². The van der Waals surface area contributed by atoms with Crippen molar-refractivity contribution in [3.63, 3.8) is 0 Å². The van der Waals surface area contributed by atoms with Gasteiger partial charge in [-0.25, -0.2) is 0 Å². The first kappa shape index (κ1) is 18.9. The van der Waals surface area contributed by atoms with Crippen LogP contribution in [-0.2, 0) is 9.59 Å². The third kappa shape index (κ3) is 7.48. The van der Waals surface area contributed by atoms with Crippen LogP contribution in [0.2, 0.25) is 0 Å². The van der Waals surface area contributed by atoms with Crippen molar-refractivity contribution in [2.24, 2.45) is 0 Å². The second-order valence-corrected chi connectivity index (χ2v) is 6.42. The Labute approximate surface area is 123 Å². The maximum Gasteiger partial charge on any atom is 0.239 e. The lowest BCUT2D eigenvalue weighted by molar-refractivity contribution is -0.126. The molecule has 5 nitrogen and oxygen atoms in total. The van der Waals surface area contributed by atoms with Gasteiger partial charge in [0.15, 0.2) is 0 Å². The molecular formula is C15H31N3O2. The van der Waals surface area contributed by atoms with E-state index in [-0.39, 0.29) is 17.4 Å². The summed E-state index contributed by atoms with van der Waals surface area (Å²) in [5, 5.41) is 8.87. The SMILES string of the molecule is CCCCC(=O)NC(C)(C)CCNC(=O)C(C)(C)NC. The van der Waals surface area contributed by atoms with Gasteiger partial charge in [0.2, 0.25) is 11.8 Å². The fourth-order valence-corrected chi connectivity index (χ4v) is 1.66. The van der Waals surface area contributed by atoms with Gasteiger partial charge in [0.1, 0.15) is 0 Å². The van der Waals surface area contributed by atoms with Gasteiger partial charge in [0.25, 0.3) is 0 Å². The summed E-state index contributed by atoms with van der Waals surface area (Å²) < 4.78 is 0. The summed E-state index contributed by atoms with van der Waals surface area (Å²) in [6.45, 7) is 10.2. The minimum atomic E-state index is -0.575. The Morgan fingerprint density at radius 1 is 1.10 bits per heavy atom. The van der Waals surface area contributed by atoms with E-state index in [4.69, 9.17) is 0 Å². The lowest BCUT2D eigenvalue weighted by atomic mass is 9.99. The van der Waals surface area contributed by atoms with Gasteiger partial charge in [-0.15, -0.1) is 0 Å². The molecule has 0 saturated heterocycles. The number of unbranched alkanes of at least 4 members (excludes halogenated alkanes) is 1. The third-order valence-electron chi connectivity index (χ3n) is 3.46. The Balaban J connectivity index is 4.10. The number of carbonyl (C=O) groups excluding carboxylic acids is 2. The summed E-state index contributed by atoms with van der Waals surface area (Å²) >= 11 is 0. The Morgan fingerprint density at radius 2 is 1.70 bits per heavy atom. The normalized spacial score (nSPS) is 12.1. The lowest BCUT2D eigenvalue weighted by Gasteiger charge is -2.28. The van der Waals surface area contributed by atoms with Crippen molar-refractivity contribution in [1.82, 2.24) is 16.0 Å². The Morgan fingerprint density at radius 3 is 2.20 bits per heavy atom. The average Bonchev–Trinajstić information content (AvgIpc) is 2.35. The predicted molar refractivity (Wildman–Crippen MR) is 82.5 cm³/mol. The molecule has 3 N–H and O–H groups in total. The van der Waals surface area contributed by atoms with Crippen molar-refractivity contribution in [3.8, 4) is 0 Å². The number of rotatable bonds is 9. The molecule has 0 aliphatic heterocycles. The highest BCUT2D eigenvalue weighted by molar-refractivity contribution is 5.85. The largest absolute Gasteiger partial charge is 0.354 e. The van der Waals surface area contributed by atoms with E-state index in [1.807, 2.05) is 27.7 Å². The minimum Gasteiger partial charge on any atom is -0.354 e. The summed E-state index contributed by atoms with van der Waals surface area (Å²) in [6.07, 6.45) is 3.20. The second kappa shape index (κ2) is 8.25. The van der Waals surface area contributed by atoms with E-state index in [1.54, 1.807) is 7.05 Å². The molecule has 0 aromatic rings. The summed E-state index contributed by atoms with van der Waals surface area (Å²) in [4.78, 5) is 23.6. The smallest absolute Gasteiger partial charge is 0.239 e. The van der Waals surface area contributed by atoms with Crippen LogP contribution in [0.5, 0.6) is 0 Å². The van der Waals surface area contributed by atoms with Crippen LogP contribution >= 0.6 is 0 Å². The molecule has 2 amide bonds. The summed E-state index contributed by atoms with van der Waals surface area (Å²) in [5.74, 6) is 0.0480. The molecule has 5 heteroatoms. The van der Waals surface area contributed by atoms with Crippen molar-refractivity contribution in [1.29, 1.82) is 0 Å². The second-order valence-electron chi connectivity index (χ2n) is 6.42. The zero-order chi connectivity index (χ0) is 15.8. The van der Waals surface area contributed by atoms with E-state index in [9.17, 15) is 9.59 Å². The van der Waals surface area contributed by atoms with Gasteiger partial charge >= 0.3 is 0 Å². The zero-order valence-electron chi connectivity index (χ0n) is 13.9. The molecule has 0 aliphatic carbocycles. The molecule has 0 aromatic heterocycles. The van der Waals surface area contributed by atoms with Gasteiger partial charge in [-0.2, -0.15) is 0 Å². The third-order valence-corrected chi connectivity index (χ3v) is 3.46. The van der Waals surface area contributed by atoms with E-state index in [1.165, 1.54) is 0 Å². The molecule has 0 heterocycles. The Kier molecular flexibility index (Phi) is 7.79. The quantitative estimate of drug-likeness (QED) is 0.602. The fraction of sp³-hybridized carbons (Fsp3) is 0.867. The van der Waals surface area contributed by atoms with E-state index in [2.05, 4.69) is 22.9 Å². The standard InChI is InChI=1S/C15H31N3O2/c1-7-8-9-12(19)18-14(2,3)10-11-17-13(20)15(4,5)16-6/h16H,7-11H2,1-6H3,(H,17,20)(H,18,19). The molecule has 0 rings (SSSR count). The van der Waals surface area contributed by atoms with Crippen LogP contribution in [0.25, 0.3) is 0 Å². The number of hydrogen-bond acceptors (Lipinski definition) is 3. The van der Waals surface area contributed by atoms with Crippen molar-refractivity contribution >= 4 is 11.8 Å². The van der Waals surface area contributed by atoms with Crippen LogP contribution in [-0.4, -0.2) is 36.5 Å². The predicted octanol–water partition coefficient (Wildman–Crippen LogP) is 1.58. The molecule has 0 bridgehead atoms. The molecule has 0 saturated carbocycles. The van der Waals surface area contributed by atoms with Crippen molar-refractivity contribution in [3.05, 3.63) is 0 Å². The van der Waals surface area contributed by atoms with E-state index >= 15 is 0 Å². The van der Waals surface area contributed by atoms with Gasteiger partial charge in [-0.3, -0.25) is 9.59 Å². The maximum atomic E-state index is 11.9. The molecule has 118 valence electrons. The van der Waals surface area contributed by atoms with Gasteiger partial charge in [0, 0.05) is 18.5 Å². The number of nitrogens with one attached hydrogen (secondary N) is 3. The highest BCUT2D eigenvalue weighted by Gasteiger charge is 2.26. The summed E-state index contributed by atoms with van der Waals surface area (Å²) in [6, 6.07) is 0. The summed E-state index contributed by atoms with van der Waals surface area (Å²) in [5.41, 5.74) is -0.879. The first-order valence-electron chi connectivity index (χ1n) is 7.43. The van der Waals surface area contributed by atoms with Gasteiger partial charge < -0.3 is 16.0 Å². The highest BCUT2D eigenvalue weighted by Crippen LogP contribution is 2.09. The van der Waals surface area contributed by atoms with Gasteiger partial charge in [0.05, 0.1) is 5.54 Å². The van der Waals surface area contributed by atoms with Gasteiger partial charge in [-0.1, -0.05) is 13.3 Å². The van der Waals surface area contributed by atoms with Crippen LogP contribution < -0.4 is 16.0 Å². The van der Waals surface area contributed by atoms with Crippen LogP contribution in [0, 0.1) is 0 Å². The number of carbonyl (C=O) groups is 2. The maximum absolute atomic E-state index is 11.9. The highest BCUT2D eigenvalue weighted by atomic mass is 16.2. The molecule has 0 fully saturated rings. The minimum absolute atomic E-state index is 0.0342. The van der Waals surface area contributed by atoms with Crippen LogP contribution in [0.1, 0.15) is 60.3 Å². The van der Waals surface area contributed by atoms with Crippen molar-refractivity contribution < 1.29 is 9.59 Å². The van der Waals surface area contributed by atoms with Crippen LogP contribution in [0.4, 0.5) is 0 Å². The monoisotopic (exact) mass is 285 g/mol. The van der Waals surface area contributed by atoms with Gasteiger partial charge in [-0.05, 0) is 47.6 Å². The van der Waals surface area contributed by atoms with Crippen LogP contribution in [0.15, 0.2) is 0 Å². The number of hydrogen-bond donors (Lipinski definition) is 3. The lowest BCUT2D eigenvalue weighted by Crippen LogP contribution is -2.52. The summed E-state index contributed by atoms with van der Waals surface area (Å²) in [7, 11) is 1.76. The molecule has 0 spiro atoms. The van der Waals surface area contributed by atoms with E-state index < -0.39 is 5.54 Å². The molecular weight excluding hydrogens is 254 g/mol.